The van der Waals surface area contributed by atoms with E-state index in [0.717, 1.165) is 11.4 Å². The summed E-state index contributed by atoms with van der Waals surface area (Å²) in [5, 5.41) is 0. The number of anilines is 1. The summed E-state index contributed by atoms with van der Waals surface area (Å²) in [5.41, 5.74) is 2.54. The van der Waals surface area contributed by atoms with E-state index in [1.165, 1.54) is 0 Å². The van der Waals surface area contributed by atoms with Crippen LogP contribution in [0.2, 0.25) is 0 Å². The lowest BCUT2D eigenvalue weighted by molar-refractivity contribution is -0.143. The first-order valence-corrected chi connectivity index (χ1v) is 10.9. The molecule has 1 aliphatic carbocycles. The molecule has 6 nitrogen and oxygen atoms in total. The number of benzene rings is 1. The van der Waals surface area contributed by atoms with E-state index in [1.54, 1.807) is 18.3 Å². The van der Waals surface area contributed by atoms with Gasteiger partial charge in [-0.25, -0.2) is 4.21 Å². The van der Waals surface area contributed by atoms with E-state index in [1.807, 2.05) is 55.7 Å². The fourth-order valence-corrected chi connectivity index (χ4v) is 5.27. The highest BCUT2D eigenvalue weighted by Gasteiger charge is 2.39. The predicted molar refractivity (Wildman–Crippen MR) is 113 cm³/mol. The number of carbonyl (C=O) groups excluding carboxylic acids is 2. The second kappa shape index (κ2) is 8.14. The maximum atomic E-state index is 13.5. The van der Waals surface area contributed by atoms with Crippen molar-refractivity contribution in [2.45, 2.75) is 52.0 Å². The number of ketones is 1. The maximum Gasteiger partial charge on any atom is 0.325 e. The van der Waals surface area contributed by atoms with Gasteiger partial charge in [0, 0.05) is 30.5 Å². The molecule has 0 amide bonds. The Hall–Kier alpha value is -2.41. The van der Waals surface area contributed by atoms with Crippen LogP contribution in [0.1, 0.15) is 48.9 Å². The largest absolute Gasteiger partial charge is 0.465 e. The van der Waals surface area contributed by atoms with Gasteiger partial charge in [-0.3, -0.25) is 13.9 Å². The van der Waals surface area contributed by atoms with Crippen molar-refractivity contribution >= 4 is 28.4 Å². The first kappa shape index (κ1) is 21.3. The normalized spacial score (nSPS) is 16.2. The summed E-state index contributed by atoms with van der Waals surface area (Å²) in [6, 6.07) is 9.41. The molecule has 1 heterocycles. The fraction of sp³-hybridized carbons (Fsp3) is 0.455. The Kier molecular flexibility index (Phi) is 5.98. The second-order valence-electron chi connectivity index (χ2n) is 8.15. The zero-order valence-corrected chi connectivity index (χ0v) is 18.5. The van der Waals surface area contributed by atoms with Gasteiger partial charge in [0.2, 0.25) is 0 Å². The topological polar surface area (TPSA) is 68.6 Å². The number of aromatic nitrogens is 1. The maximum absolute atomic E-state index is 13.5. The summed E-state index contributed by atoms with van der Waals surface area (Å²) in [4.78, 5) is 25.8. The van der Waals surface area contributed by atoms with Gasteiger partial charge in [0.15, 0.2) is 16.8 Å². The molecule has 3 rings (SSSR count). The standard InChI is InChI=1S/C22H28N2O4S/c1-6-28-19(26)14-24-15(2)21(20-17(24)12-22(3,4)13-18(20)25)29(27)23(5)16-10-8-7-9-11-16/h7-11H,6,12-14H2,1-5H3. The molecule has 1 aromatic heterocycles. The molecule has 156 valence electrons. The summed E-state index contributed by atoms with van der Waals surface area (Å²) in [5.74, 6) is -0.384. The molecule has 2 aromatic rings. The van der Waals surface area contributed by atoms with Gasteiger partial charge in [-0.15, -0.1) is 0 Å². The zero-order valence-electron chi connectivity index (χ0n) is 17.7. The molecule has 0 aliphatic heterocycles. The number of rotatable bonds is 6. The molecule has 0 saturated heterocycles. The van der Waals surface area contributed by atoms with E-state index in [9.17, 15) is 13.8 Å². The van der Waals surface area contributed by atoms with Crippen LogP contribution in [0.25, 0.3) is 0 Å². The quantitative estimate of drug-likeness (QED) is 0.674. The SMILES string of the molecule is CCOC(=O)Cn1c(C)c(S(=O)N(C)c2ccccc2)c2c1CC(C)(C)CC2=O. The van der Waals surface area contributed by atoms with Crippen molar-refractivity contribution in [1.29, 1.82) is 0 Å². The van der Waals surface area contributed by atoms with E-state index in [4.69, 9.17) is 4.74 Å². The molecule has 0 fully saturated rings. The minimum atomic E-state index is -1.58. The van der Waals surface area contributed by atoms with Crippen LogP contribution in [-0.4, -0.2) is 34.2 Å². The lowest BCUT2D eigenvalue weighted by Gasteiger charge is -2.30. The molecule has 0 N–H and O–H groups in total. The monoisotopic (exact) mass is 416 g/mol. The number of nitrogens with zero attached hydrogens (tertiary/aromatic N) is 2. The third-order valence-electron chi connectivity index (χ3n) is 5.27. The van der Waals surface area contributed by atoms with E-state index in [0.29, 0.717) is 35.6 Å². The highest BCUT2D eigenvalue weighted by Crippen LogP contribution is 2.40. The molecule has 0 radical (unpaired) electrons. The number of hydrogen-bond acceptors (Lipinski definition) is 4. The van der Waals surface area contributed by atoms with Crippen molar-refractivity contribution in [3.8, 4) is 0 Å². The van der Waals surface area contributed by atoms with Gasteiger partial charge in [0.1, 0.15) is 6.54 Å². The van der Waals surface area contributed by atoms with Crippen molar-refractivity contribution in [1.82, 2.24) is 4.57 Å². The Balaban J connectivity index is 2.12. The zero-order chi connectivity index (χ0) is 21.3. The minimum Gasteiger partial charge on any atom is -0.465 e. The van der Waals surface area contributed by atoms with Crippen molar-refractivity contribution < 1.29 is 18.5 Å². The lowest BCUT2D eigenvalue weighted by Crippen LogP contribution is -2.30. The van der Waals surface area contributed by atoms with Crippen molar-refractivity contribution in [3.63, 3.8) is 0 Å². The molecule has 29 heavy (non-hydrogen) atoms. The highest BCUT2D eigenvalue weighted by molar-refractivity contribution is 7.86. The number of carbonyl (C=O) groups is 2. The van der Waals surface area contributed by atoms with Crippen LogP contribution in [0, 0.1) is 12.3 Å². The van der Waals surface area contributed by atoms with Gasteiger partial charge in [0.05, 0.1) is 17.1 Å². The van der Waals surface area contributed by atoms with Gasteiger partial charge in [-0.1, -0.05) is 32.0 Å². The minimum absolute atomic E-state index is 0.0115. The van der Waals surface area contributed by atoms with Crippen LogP contribution in [0.4, 0.5) is 5.69 Å². The number of Topliss-reactive ketones (excluding diaryl/α,β-unsaturated/α-hetero) is 1. The van der Waals surface area contributed by atoms with E-state index in [2.05, 4.69) is 0 Å². The van der Waals surface area contributed by atoms with Crippen LogP contribution in [-0.2, 0) is 33.5 Å². The molecule has 0 saturated carbocycles. The van der Waals surface area contributed by atoms with Crippen molar-refractivity contribution in [2.75, 3.05) is 18.0 Å². The Morgan fingerprint density at radius 1 is 1.24 bits per heavy atom. The number of esters is 1. The summed E-state index contributed by atoms with van der Waals surface area (Å²) in [6.07, 6.45) is 1.03. The molecule has 1 unspecified atom stereocenters. The predicted octanol–water partition coefficient (Wildman–Crippen LogP) is 3.67. The van der Waals surface area contributed by atoms with Crippen LogP contribution < -0.4 is 4.31 Å². The third-order valence-corrected chi connectivity index (χ3v) is 6.83. The van der Waals surface area contributed by atoms with Gasteiger partial charge in [0.25, 0.3) is 0 Å². The van der Waals surface area contributed by atoms with Crippen LogP contribution >= 0.6 is 0 Å². The van der Waals surface area contributed by atoms with E-state index in [-0.39, 0.29) is 23.7 Å². The first-order valence-electron chi connectivity index (χ1n) is 9.77. The van der Waals surface area contributed by atoms with Crippen LogP contribution in [0.5, 0.6) is 0 Å². The molecule has 1 aromatic carbocycles. The van der Waals surface area contributed by atoms with E-state index >= 15 is 0 Å². The van der Waals surface area contributed by atoms with Gasteiger partial charge in [-0.05, 0) is 37.8 Å². The number of hydrogen-bond donors (Lipinski definition) is 0. The fourth-order valence-electron chi connectivity index (χ4n) is 3.92. The summed E-state index contributed by atoms with van der Waals surface area (Å²) >= 11 is 0. The molecular formula is C22H28N2O4S. The van der Waals surface area contributed by atoms with Gasteiger partial charge < -0.3 is 9.30 Å². The Morgan fingerprint density at radius 2 is 1.90 bits per heavy atom. The van der Waals surface area contributed by atoms with Gasteiger partial charge in [-0.2, -0.15) is 0 Å². The second-order valence-corrected chi connectivity index (χ2v) is 9.60. The Bertz CT molecular complexity index is 963. The molecular weight excluding hydrogens is 388 g/mol. The van der Waals surface area contributed by atoms with Crippen molar-refractivity contribution in [2.24, 2.45) is 5.41 Å². The van der Waals surface area contributed by atoms with Crippen LogP contribution in [0.15, 0.2) is 35.2 Å². The summed E-state index contributed by atoms with van der Waals surface area (Å²) in [6.45, 7) is 7.97. The molecule has 0 spiro atoms. The summed E-state index contributed by atoms with van der Waals surface area (Å²) < 4.78 is 22.1. The number of para-hydroxylation sites is 1. The highest BCUT2D eigenvalue weighted by atomic mass is 32.2. The number of fused-ring (bicyclic) bond motifs is 1. The average molecular weight is 417 g/mol. The third kappa shape index (κ3) is 4.15. The van der Waals surface area contributed by atoms with Crippen molar-refractivity contribution in [3.05, 3.63) is 47.3 Å². The summed E-state index contributed by atoms with van der Waals surface area (Å²) in [7, 11) is 0.163. The first-order chi connectivity index (χ1) is 13.7. The van der Waals surface area contributed by atoms with Gasteiger partial charge >= 0.3 is 5.97 Å². The Labute approximate surface area is 174 Å². The van der Waals surface area contributed by atoms with E-state index < -0.39 is 11.0 Å². The average Bonchev–Trinajstić information content (AvgIpc) is 2.92. The molecule has 0 bridgehead atoms. The molecule has 1 aliphatic rings. The molecule has 7 heteroatoms. The molecule has 1 atom stereocenters. The van der Waals surface area contributed by atoms with Crippen LogP contribution in [0.3, 0.4) is 0 Å². The lowest BCUT2D eigenvalue weighted by atomic mass is 9.76. The smallest absolute Gasteiger partial charge is 0.325 e. The Morgan fingerprint density at radius 3 is 2.52 bits per heavy atom. The number of ether oxygens (including phenoxy) is 1.